The molecule has 2 aromatic rings. The van der Waals surface area contributed by atoms with E-state index < -0.39 is 0 Å². The summed E-state index contributed by atoms with van der Waals surface area (Å²) in [4.78, 5) is 5.08. The second-order valence-electron chi connectivity index (χ2n) is 4.33. The predicted molar refractivity (Wildman–Crippen MR) is 82.6 cm³/mol. The molecule has 4 heteroatoms. The fourth-order valence-corrected chi connectivity index (χ4v) is 3.37. The van der Waals surface area contributed by atoms with Crippen LogP contribution in [0.15, 0.2) is 29.0 Å². The van der Waals surface area contributed by atoms with Crippen LogP contribution in [-0.4, -0.2) is 30.2 Å². The van der Waals surface area contributed by atoms with Crippen molar-refractivity contribution in [3.63, 3.8) is 0 Å². The van der Waals surface area contributed by atoms with Gasteiger partial charge in [-0.3, -0.25) is 0 Å². The quantitative estimate of drug-likeness (QED) is 0.856. The fourth-order valence-electron chi connectivity index (χ4n) is 1.77. The van der Waals surface area contributed by atoms with Gasteiger partial charge in [-0.15, -0.1) is 22.7 Å². The lowest BCUT2D eigenvalue weighted by molar-refractivity contribution is 0.335. The molecule has 0 bridgehead atoms. The highest BCUT2D eigenvalue weighted by Gasteiger charge is 2.04. The molecule has 100 valence electrons. The van der Waals surface area contributed by atoms with Crippen LogP contribution in [0.4, 0.5) is 0 Å². The van der Waals surface area contributed by atoms with E-state index in [1.54, 1.807) is 11.3 Å². The monoisotopic (exact) mass is 291 g/mol. The van der Waals surface area contributed by atoms with Crippen LogP contribution in [0.1, 0.15) is 15.3 Å². The van der Waals surface area contributed by atoms with Gasteiger partial charge in [0.15, 0.2) is 0 Å². The average Bonchev–Trinajstić information content (AvgIpc) is 3.05. The zero-order valence-electron chi connectivity index (χ0n) is 10.9. The normalized spacial score (nSPS) is 10.5. The Labute approximate surface area is 122 Å². The number of hydrogen-bond donors (Lipinski definition) is 1. The summed E-state index contributed by atoms with van der Waals surface area (Å²) >= 11 is 3.55. The highest BCUT2D eigenvalue weighted by molar-refractivity contribution is 7.10. The summed E-state index contributed by atoms with van der Waals surface area (Å²) in [6.07, 6.45) is 1.11. The molecule has 2 rings (SSSR count). The molecule has 0 aliphatic heterocycles. The summed E-state index contributed by atoms with van der Waals surface area (Å²) in [5, 5.41) is 12.8. The van der Waals surface area contributed by atoms with Gasteiger partial charge in [0.05, 0.1) is 0 Å². The van der Waals surface area contributed by atoms with Crippen LogP contribution in [0.2, 0.25) is 0 Å². The molecule has 0 fully saturated rings. The smallest absolute Gasteiger partial charge is 0.104 e. The molecule has 0 aliphatic carbocycles. The van der Waals surface area contributed by atoms with E-state index in [0.29, 0.717) is 0 Å². The topological polar surface area (TPSA) is 23.5 Å². The van der Waals surface area contributed by atoms with E-state index in [4.69, 9.17) is 5.11 Å². The highest BCUT2D eigenvalue weighted by atomic mass is 32.1. The second kappa shape index (κ2) is 7.46. The van der Waals surface area contributed by atoms with E-state index in [1.165, 1.54) is 9.75 Å². The van der Waals surface area contributed by atoms with Crippen LogP contribution in [0.25, 0.3) is 0 Å². The number of rotatable bonds is 5. The Morgan fingerprint density at radius 2 is 2.21 bits per heavy atom. The van der Waals surface area contributed by atoms with Crippen LogP contribution in [0, 0.1) is 11.8 Å². The maximum absolute atomic E-state index is 8.66. The lowest BCUT2D eigenvalue weighted by Gasteiger charge is -2.14. The highest BCUT2D eigenvalue weighted by Crippen LogP contribution is 2.16. The molecule has 19 heavy (non-hydrogen) atoms. The number of nitrogens with zero attached hydrogens (tertiary/aromatic N) is 1. The first kappa shape index (κ1) is 14.3. The van der Waals surface area contributed by atoms with Crippen LogP contribution < -0.4 is 0 Å². The average molecular weight is 291 g/mol. The molecular weight excluding hydrogens is 274 g/mol. The summed E-state index contributed by atoms with van der Waals surface area (Å²) in [5.74, 6) is 5.61. The van der Waals surface area contributed by atoms with Gasteiger partial charge in [-0.2, -0.15) is 0 Å². The molecule has 0 saturated heterocycles. The van der Waals surface area contributed by atoms with Crippen molar-refractivity contribution in [3.05, 3.63) is 44.3 Å². The minimum atomic E-state index is -0.0775. The lowest BCUT2D eigenvalue weighted by atomic mass is 10.3. The zero-order valence-corrected chi connectivity index (χ0v) is 12.6. The second-order valence-corrected chi connectivity index (χ2v) is 6.36. The summed E-state index contributed by atoms with van der Waals surface area (Å²) < 4.78 is 0. The summed E-state index contributed by atoms with van der Waals surface area (Å²) in [7, 11) is 2.15. The zero-order chi connectivity index (χ0) is 13.5. The molecule has 0 spiro atoms. The maximum Gasteiger partial charge on any atom is 0.104 e. The largest absolute Gasteiger partial charge is 0.384 e. The van der Waals surface area contributed by atoms with Gasteiger partial charge in [0, 0.05) is 33.8 Å². The van der Waals surface area contributed by atoms with Gasteiger partial charge in [0.1, 0.15) is 6.61 Å². The third kappa shape index (κ3) is 4.81. The van der Waals surface area contributed by atoms with E-state index in [0.717, 1.165) is 25.1 Å². The molecule has 0 unspecified atom stereocenters. The Kier molecular flexibility index (Phi) is 5.62. The van der Waals surface area contributed by atoms with Gasteiger partial charge < -0.3 is 10.0 Å². The molecule has 0 aromatic carbocycles. The van der Waals surface area contributed by atoms with Crippen LogP contribution in [0.3, 0.4) is 0 Å². The molecule has 2 nitrogen and oxygen atoms in total. The van der Waals surface area contributed by atoms with Crippen molar-refractivity contribution >= 4 is 22.7 Å². The molecule has 0 amide bonds. The van der Waals surface area contributed by atoms with Crippen molar-refractivity contribution < 1.29 is 5.11 Å². The van der Waals surface area contributed by atoms with Crippen molar-refractivity contribution in [1.29, 1.82) is 0 Å². The van der Waals surface area contributed by atoms with Gasteiger partial charge in [-0.1, -0.05) is 17.9 Å². The van der Waals surface area contributed by atoms with E-state index >= 15 is 0 Å². The molecular formula is C15H17NOS2. The molecule has 0 radical (unpaired) electrons. The Morgan fingerprint density at radius 3 is 2.95 bits per heavy atom. The first-order valence-electron chi connectivity index (χ1n) is 6.16. The van der Waals surface area contributed by atoms with Gasteiger partial charge in [-0.25, -0.2) is 0 Å². The van der Waals surface area contributed by atoms with Crippen LogP contribution in [-0.2, 0) is 13.0 Å². The number of aliphatic hydroxyl groups excluding tert-OH is 1. The Balaban J connectivity index is 1.81. The van der Waals surface area contributed by atoms with Crippen LogP contribution >= 0.6 is 22.7 Å². The minimum absolute atomic E-state index is 0.0775. The lowest BCUT2D eigenvalue weighted by Crippen LogP contribution is -2.19. The first-order valence-corrected chi connectivity index (χ1v) is 7.92. The predicted octanol–water partition coefficient (Wildman–Crippen LogP) is 2.83. The fraction of sp³-hybridized carbons (Fsp3) is 0.333. The molecule has 0 atom stereocenters. The number of thiophene rings is 2. The van der Waals surface area contributed by atoms with Crippen molar-refractivity contribution in [2.45, 2.75) is 13.0 Å². The third-order valence-electron chi connectivity index (χ3n) is 2.71. The van der Waals surface area contributed by atoms with Gasteiger partial charge >= 0.3 is 0 Å². The van der Waals surface area contributed by atoms with Crippen molar-refractivity contribution in [2.24, 2.45) is 0 Å². The van der Waals surface area contributed by atoms with Gasteiger partial charge in [0.2, 0.25) is 0 Å². The van der Waals surface area contributed by atoms with Gasteiger partial charge in [0.25, 0.3) is 0 Å². The molecule has 1 N–H and O–H groups in total. The summed E-state index contributed by atoms with van der Waals surface area (Å²) in [6.45, 7) is 1.94. The van der Waals surface area contributed by atoms with Gasteiger partial charge in [-0.05, 0) is 31.0 Å². The SMILES string of the molecule is CN(CCc1cccs1)Cc1cc(C#CCO)cs1. The van der Waals surface area contributed by atoms with Crippen LogP contribution in [0.5, 0.6) is 0 Å². The Bertz CT molecular complexity index is 548. The molecule has 2 heterocycles. The van der Waals surface area contributed by atoms with E-state index in [2.05, 4.69) is 47.4 Å². The number of aliphatic hydroxyl groups is 1. The minimum Gasteiger partial charge on any atom is -0.384 e. The summed E-state index contributed by atoms with van der Waals surface area (Å²) in [6, 6.07) is 6.40. The number of hydrogen-bond acceptors (Lipinski definition) is 4. The molecule has 0 saturated carbocycles. The van der Waals surface area contributed by atoms with Crippen molar-refractivity contribution in [2.75, 3.05) is 20.2 Å². The van der Waals surface area contributed by atoms with E-state index in [-0.39, 0.29) is 6.61 Å². The summed E-state index contributed by atoms with van der Waals surface area (Å²) in [5.41, 5.74) is 1.00. The van der Waals surface area contributed by atoms with E-state index in [9.17, 15) is 0 Å². The Hall–Kier alpha value is -1.12. The molecule has 2 aromatic heterocycles. The third-order valence-corrected chi connectivity index (χ3v) is 4.57. The maximum atomic E-state index is 8.66. The first-order chi connectivity index (χ1) is 9.28. The van der Waals surface area contributed by atoms with E-state index in [1.807, 2.05) is 16.7 Å². The number of likely N-dealkylation sites (N-methyl/N-ethyl adjacent to an activating group) is 1. The Morgan fingerprint density at radius 1 is 1.32 bits per heavy atom. The molecule has 0 aliphatic rings. The van der Waals surface area contributed by atoms with Crippen molar-refractivity contribution in [3.8, 4) is 11.8 Å². The van der Waals surface area contributed by atoms with Crippen molar-refractivity contribution in [1.82, 2.24) is 4.90 Å². The standard InChI is InChI=1S/C15H17NOS2/c1-16(7-6-14-5-3-9-18-14)11-15-10-13(12-19-15)4-2-8-17/h3,5,9-10,12,17H,6-8,11H2,1H3.